The Kier molecular flexibility index (Phi) is 3.64. The number of aliphatic hydroxyl groups is 1. The number of carbonyl (C=O) groups is 1. The lowest BCUT2D eigenvalue weighted by Crippen LogP contribution is -2.21. The quantitative estimate of drug-likeness (QED) is 0.220. The molecule has 0 aliphatic rings. The molecule has 0 unspecified atom stereocenters. The Morgan fingerprint density at radius 2 is 2.00 bits per heavy atom. The van der Waals surface area contributed by atoms with Crippen molar-refractivity contribution in [1.82, 2.24) is 0 Å². The first-order chi connectivity index (χ1) is 5.86. The van der Waals surface area contributed by atoms with Crippen molar-refractivity contribution < 1.29 is 14.8 Å². The molecule has 0 atom stereocenters. The standard InChI is InChI=1S/C7H10N2O4/c1-4(3-5(2)10)6(7(8)11)9(12)13/h3,10H,1-2H3,(H2,8,11). The van der Waals surface area contributed by atoms with Crippen LogP contribution in [0.2, 0.25) is 0 Å². The molecule has 3 N–H and O–H groups in total. The Morgan fingerprint density at radius 3 is 2.23 bits per heavy atom. The zero-order valence-corrected chi connectivity index (χ0v) is 7.27. The number of rotatable bonds is 3. The normalized spacial score (nSPS) is 13.5. The molecule has 1 amide bonds. The van der Waals surface area contributed by atoms with E-state index in [1.165, 1.54) is 13.8 Å². The summed E-state index contributed by atoms with van der Waals surface area (Å²) in [5.74, 6) is -1.25. The van der Waals surface area contributed by atoms with Gasteiger partial charge in [0.15, 0.2) is 0 Å². The molecule has 0 aliphatic carbocycles. The van der Waals surface area contributed by atoms with Gasteiger partial charge in [0.1, 0.15) is 0 Å². The van der Waals surface area contributed by atoms with E-state index in [4.69, 9.17) is 10.8 Å². The molecule has 0 aromatic rings. The van der Waals surface area contributed by atoms with Crippen molar-refractivity contribution in [1.29, 1.82) is 0 Å². The summed E-state index contributed by atoms with van der Waals surface area (Å²) in [6.07, 6.45) is 1.10. The molecule has 0 aliphatic heterocycles. The first-order valence-corrected chi connectivity index (χ1v) is 3.38. The van der Waals surface area contributed by atoms with Gasteiger partial charge in [0.25, 0.3) is 0 Å². The highest BCUT2D eigenvalue weighted by Crippen LogP contribution is 2.07. The van der Waals surface area contributed by atoms with Crippen LogP contribution in [0.3, 0.4) is 0 Å². The third-order valence-corrected chi connectivity index (χ3v) is 1.21. The Bertz CT molecular complexity index is 284. The van der Waals surface area contributed by atoms with Crippen LogP contribution in [0.15, 0.2) is 23.1 Å². The van der Waals surface area contributed by atoms with Gasteiger partial charge in [-0.1, -0.05) is 0 Å². The van der Waals surface area contributed by atoms with Crippen LogP contribution in [0.25, 0.3) is 0 Å². The van der Waals surface area contributed by atoms with Crippen LogP contribution in [0, 0.1) is 10.1 Å². The van der Waals surface area contributed by atoms with Gasteiger partial charge in [-0.2, -0.15) is 0 Å². The van der Waals surface area contributed by atoms with Crippen LogP contribution < -0.4 is 5.73 Å². The van der Waals surface area contributed by atoms with Crippen molar-refractivity contribution in [2.24, 2.45) is 5.73 Å². The van der Waals surface area contributed by atoms with E-state index in [9.17, 15) is 14.9 Å². The van der Waals surface area contributed by atoms with Gasteiger partial charge < -0.3 is 10.8 Å². The van der Waals surface area contributed by atoms with Crippen molar-refractivity contribution in [2.75, 3.05) is 0 Å². The van der Waals surface area contributed by atoms with Gasteiger partial charge in [-0.3, -0.25) is 14.9 Å². The topological polar surface area (TPSA) is 106 Å². The van der Waals surface area contributed by atoms with Crippen molar-refractivity contribution in [3.05, 3.63) is 33.2 Å². The summed E-state index contributed by atoms with van der Waals surface area (Å²) >= 11 is 0. The van der Waals surface area contributed by atoms with Gasteiger partial charge in [-0.15, -0.1) is 0 Å². The molecule has 0 bridgehead atoms. The van der Waals surface area contributed by atoms with Crippen LogP contribution in [-0.4, -0.2) is 15.9 Å². The Morgan fingerprint density at radius 1 is 1.54 bits per heavy atom. The van der Waals surface area contributed by atoms with Crippen LogP contribution in [0.5, 0.6) is 0 Å². The summed E-state index contributed by atoms with van der Waals surface area (Å²) in [6.45, 7) is 2.66. The second-order valence-electron chi connectivity index (χ2n) is 2.44. The first kappa shape index (κ1) is 11.2. The van der Waals surface area contributed by atoms with E-state index < -0.39 is 16.5 Å². The average molecular weight is 186 g/mol. The predicted octanol–water partition coefficient (Wildman–Crippen LogP) is 0.484. The molecule has 0 aromatic heterocycles. The van der Waals surface area contributed by atoms with Crippen LogP contribution in [0.4, 0.5) is 0 Å². The summed E-state index contributed by atoms with van der Waals surface area (Å²) in [7, 11) is 0. The van der Waals surface area contributed by atoms with E-state index >= 15 is 0 Å². The smallest absolute Gasteiger partial charge is 0.336 e. The van der Waals surface area contributed by atoms with Gasteiger partial charge in [0.2, 0.25) is 0 Å². The molecule has 0 spiro atoms. The van der Waals surface area contributed by atoms with E-state index in [1.54, 1.807) is 0 Å². The minimum atomic E-state index is -1.13. The number of aliphatic hydroxyl groups excluding tert-OH is 1. The number of allylic oxidation sites excluding steroid dienone is 3. The molecule has 6 nitrogen and oxygen atoms in total. The van der Waals surface area contributed by atoms with Crippen molar-refractivity contribution >= 4 is 5.91 Å². The Labute approximate surface area is 74.5 Å². The molecular formula is C7H10N2O4. The largest absolute Gasteiger partial charge is 0.513 e. The number of hydrogen-bond acceptors (Lipinski definition) is 4. The number of nitrogens with two attached hydrogens (primary N) is 1. The molecule has 13 heavy (non-hydrogen) atoms. The highest BCUT2D eigenvalue weighted by atomic mass is 16.6. The fourth-order valence-electron chi connectivity index (χ4n) is 0.810. The van der Waals surface area contributed by atoms with Crippen LogP contribution in [-0.2, 0) is 4.79 Å². The lowest BCUT2D eigenvalue weighted by atomic mass is 10.2. The molecule has 0 radical (unpaired) electrons. The molecule has 0 fully saturated rings. The molecule has 0 saturated carbocycles. The molecule has 0 rings (SSSR count). The minimum Gasteiger partial charge on any atom is -0.513 e. The van der Waals surface area contributed by atoms with E-state index in [0.29, 0.717) is 0 Å². The van der Waals surface area contributed by atoms with E-state index in [2.05, 4.69) is 0 Å². The van der Waals surface area contributed by atoms with Crippen LogP contribution in [0.1, 0.15) is 13.8 Å². The van der Waals surface area contributed by atoms with Gasteiger partial charge in [0, 0.05) is 5.57 Å². The van der Waals surface area contributed by atoms with Gasteiger partial charge in [-0.05, 0) is 19.9 Å². The number of primary amides is 1. The number of nitro groups is 1. The monoisotopic (exact) mass is 186 g/mol. The molecule has 0 heterocycles. The molecule has 0 aromatic carbocycles. The van der Waals surface area contributed by atoms with Crippen molar-refractivity contribution in [3.63, 3.8) is 0 Å². The summed E-state index contributed by atoms with van der Waals surface area (Å²) < 4.78 is 0. The van der Waals surface area contributed by atoms with Crippen molar-refractivity contribution in [3.8, 4) is 0 Å². The molecule has 0 saturated heterocycles. The van der Waals surface area contributed by atoms with Gasteiger partial charge in [0.05, 0.1) is 10.7 Å². The second-order valence-corrected chi connectivity index (χ2v) is 2.44. The molecule has 6 heteroatoms. The maximum absolute atomic E-state index is 10.6. The summed E-state index contributed by atoms with van der Waals surface area (Å²) in [4.78, 5) is 20.0. The maximum Gasteiger partial charge on any atom is 0.336 e. The SMILES string of the molecule is CC(O)=CC(C)=C(C(N)=O)[N+](=O)[O-]. The highest BCUT2D eigenvalue weighted by Gasteiger charge is 2.20. The fraction of sp³-hybridized carbons (Fsp3) is 0.286. The lowest BCUT2D eigenvalue weighted by Gasteiger charge is -1.96. The average Bonchev–Trinajstić information content (AvgIpc) is 1.81. The highest BCUT2D eigenvalue weighted by molar-refractivity contribution is 5.90. The summed E-state index contributed by atoms with van der Waals surface area (Å²) in [5.41, 5.74) is 4.08. The Hall–Kier alpha value is -1.85. The second kappa shape index (κ2) is 4.24. The maximum atomic E-state index is 10.6. The lowest BCUT2D eigenvalue weighted by molar-refractivity contribution is -0.419. The molecule has 72 valence electrons. The Balaban J connectivity index is 5.23. The molecular weight excluding hydrogens is 176 g/mol. The first-order valence-electron chi connectivity index (χ1n) is 3.38. The van der Waals surface area contributed by atoms with Gasteiger partial charge >= 0.3 is 11.6 Å². The zero-order chi connectivity index (χ0) is 10.6. The predicted molar refractivity (Wildman–Crippen MR) is 45.3 cm³/mol. The van der Waals surface area contributed by atoms with E-state index in [1.807, 2.05) is 0 Å². The summed E-state index contributed by atoms with van der Waals surface area (Å²) in [5, 5.41) is 19.1. The van der Waals surface area contributed by atoms with E-state index in [0.717, 1.165) is 6.08 Å². The van der Waals surface area contributed by atoms with Crippen molar-refractivity contribution in [2.45, 2.75) is 13.8 Å². The van der Waals surface area contributed by atoms with E-state index in [-0.39, 0.29) is 11.3 Å². The van der Waals surface area contributed by atoms with Gasteiger partial charge in [-0.25, -0.2) is 0 Å². The van der Waals surface area contributed by atoms with Crippen LogP contribution >= 0.6 is 0 Å². The summed E-state index contributed by atoms with van der Waals surface area (Å²) in [6, 6.07) is 0. The number of hydrogen-bond donors (Lipinski definition) is 2. The number of nitrogens with zero attached hydrogens (tertiary/aromatic N) is 1. The third kappa shape index (κ3) is 3.37. The third-order valence-electron chi connectivity index (χ3n) is 1.21. The number of carbonyl (C=O) groups excluding carboxylic acids is 1. The minimum absolute atomic E-state index is 0.0255. The number of amides is 1. The fourth-order valence-corrected chi connectivity index (χ4v) is 0.810. The zero-order valence-electron chi connectivity index (χ0n) is 7.27.